The minimum Gasteiger partial charge on any atom is -0.481 e. The first-order valence-corrected chi connectivity index (χ1v) is 7.53. The van der Waals surface area contributed by atoms with Gasteiger partial charge in [0, 0.05) is 6.92 Å². The summed E-state index contributed by atoms with van der Waals surface area (Å²) in [6, 6.07) is 0. The standard InChI is InChI=1S/C15H23NO10/c1-9(17)25-10(8-16(2,3)4)5-12(20)26-13(21)7-15(24,14(22)23)6-11(18)19/h10,24H,5-8H2,1-4H3,(H-,18,19,22,23)/p+1/t10-,15?/m1/s1. The van der Waals surface area contributed by atoms with Crippen molar-refractivity contribution in [1.82, 2.24) is 0 Å². The monoisotopic (exact) mass is 378 g/mol. The molecule has 148 valence electrons. The zero-order chi connectivity index (χ0) is 20.7. The van der Waals surface area contributed by atoms with Crippen molar-refractivity contribution in [3.8, 4) is 0 Å². The highest BCUT2D eigenvalue weighted by molar-refractivity contribution is 5.92. The van der Waals surface area contributed by atoms with Crippen molar-refractivity contribution in [2.75, 3.05) is 27.7 Å². The number of hydrogen-bond acceptors (Lipinski definition) is 8. The number of aliphatic hydroxyl groups is 1. The summed E-state index contributed by atoms with van der Waals surface area (Å²) in [6.45, 7) is 1.39. The van der Waals surface area contributed by atoms with E-state index in [9.17, 15) is 29.1 Å². The number of carbonyl (C=O) groups is 5. The van der Waals surface area contributed by atoms with Crippen LogP contribution in [-0.4, -0.2) is 89.0 Å². The van der Waals surface area contributed by atoms with E-state index in [0.29, 0.717) is 4.48 Å². The van der Waals surface area contributed by atoms with Crippen LogP contribution in [0.1, 0.15) is 26.2 Å². The van der Waals surface area contributed by atoms with Gasteiger partial charge in [0.15, 0.2) is 11.7 Å². The zero-order valence-corrected chi connectivity index (χ0v) is 15.1. The molecular formula is C15H24NO10+. The molecule has 0 aromatic heterocycles. The second-order valence-electron chi connectivity index (χ2n) is 6.84. The molecule has 0 rings (SSSR count). The highest BCUT2D eigenvalue weighted by Gasteiger charge is 2.42. The Labute approximate surface area is 149 Å². The van der Waals surface area contributed by atoms with Crippen LogP contribution >= 0.6 is 0 Å². The van der Waals surface area contributed by atoms with Gasteiger partial charge in [0.05, 0.1) is 40.4 Å². The second-order valence-corrected chi connectivity index (χ2v) is 6.84. The van der Waals surface area contributed by atoms with Crippen LogP contribution in [0, 0.1) is 0 Å². The fourth-order valence-electron chi connectivity index (χ4n) is 2.08. The average molecular weight is 378 g/mol. The third-order valence-electron chi connectivity index (χ3n) is 2.98. The minimum atomic E-state index is -2.90. The number of rotatable bonds is 10. The van der Waals surface area contributed by atoms with E-state index in [1.807, 2.05) is 0 Å². The van der Waals surface area contributed by atoms with Crippen molar-refractivity contribution in [1.29, 1.82) is 0 Å². The number of quaternary nitrogens is 1. The van der Waals surface area contributed by atoms with Gasteiger partial charge in [0.25, 0.3) is 0 Å². The lowest BCUT2D eigenvalue weighted by molar-refractivity contribution is -0.873. The maximum absolute atomic E-state index is 11.8. The Bertz CT molecular complexity index is 579. The molecule has 0 aliphatic carbocycles. The fraction of sp³-hybridized carbons (Fsp3) is 0.667. The highest BCUT2D eigenvalue weighted by atomic mass is 16.6. The van der Waals surface area contributed by atoms with Gasteiger partial charge < -0.3 is 29.3 Å². The molecule has 0 heterocycles. The van der Waals surface area contributed by atoms with E-state index in [2.05, 4.69) is 4.74 Å². The van der Waals surface area contributed by atoms with Gasteiger partial charge in [-0.1, -0.05) is 0 Å². The van der Waals surface area contributed by atoms with Gasteiger partial charge in [-0.25, -0.2) is 4.79 Å². The fourth-order valence-corrected chi connectivity index (χ4v) is 2.08. The van der Waals surface area contributed by atoms with Gasteiger partial charge in [-0.2, -0.15) is 0 Å². The van der Waals surface area contributed by atoms with Crippen LogP contribution in [0.25, 0.3) is 0 Å². The lowest BCUT2D eigenvalue weighted by Gasteiger charge is -2.28. The number of likely N-dealkylation sites (N-methyl/N-ethyl adjacent to an activating group) is 1. The number of aliphatic carboxylic acids is 2. The van der Waals surface area contributed by atoms with Crippen LogP contribution in [0.2, 0.25) is 0 Å². The molecule has 11 nitrogen and oxygen atoms in total. The quantitative estimate of drug-likeness (QED) is 0.238. The first-order chi connectivity index (χ1) is 11.6. The summed E-state index contributed by atoms with van der Waals surface area (Å²) in [5, 5.41) is 27.2. The molecule has 0 aromatic rings. The molecule has 11 heteroatoms. The van der Waals surface area contributed by atoms with E-state index >= 15 is 0 Å². The van der Waals surface area contributed by atoms with Gasteiger partial charge in [0.1, 0.15) is 6.54 Å². The van der Waals surface area contributed by atoms with Crippen molar-refractivity contribution >= 4 is 29.8 Å². The number of carbonyl (C=O) groups excluding carboxylic acids is 3. The Balaban J connectivity index is 4.90. The normalized spacial score (nSPS) is 14.7. The molecule has 0 radical (unpaired) electrons. The predicted octanol–water partition coefficient (Wildman–Crippen LogP) is -1.24. The van der Waals surface area contributed by atoms with Crippen molar-refractivity contribution in [2.24, 2.45) is 0 Å². The molecule has 1 unspecified atom stereocenters. The first kappa shape index (κ1) is 23.5. The third-order valence-corrected chi connectivity index (χ3v) is 2.98. The molecule has 0 aliphatic rings. The second kappa shape index (κ2) is 9.25. The predicted molar refractivity (Wildman–Crippen MR) is 83.6 cm³/mol. The first-order valence-electron chi connectivity index (χ1n) is 7.53. The molecule has 0 aliphatic heterocycles. The van der Waals surface area contributed by atoms with Crippen molar-refractivity contribution < 1.29 is 53.2 Å². The molecule has 2 atom stereocenters. The summed E-state index contributed by atoms with van der Waals surface area (Å²) in [5.74, 6) is -6.73. The summed E-state index contributed by atoms with van der Waals surface area (Å²) < 4.78 is 9.74. The lowest BCUT2D eigenvalue weighted by atomic mass is 9.96. The number of hydrogen-bond donors (Lipinski definition) is 3. The van der Waals surface area contributed by atoms with Crippen LogP contribution < -0.4 is 0 Å². The number of carboxylic acids is 2. The number of carboxylic acid groups (broad SMARTS) is 2. The lowest BCUT2D eigenvalue weighted by Crippen LogP contribution is -2.44. The number of esters is 3. The third kappa shape index (κ3) is 9.69. The van der Waals surface area contributed by atoms with E-state index in [0.717, 1.165) is 6.92 Å². The molecule has 0 saturated heterocycles. The van der Waals surface area contributed by atoms with Crippen molar-refractivity contribution in [3.63, 3.8) is 0 Å². The topological polar surface area (TPSA) is 165 Å². The van der Waals surface area contributed by atoms with Crippen LogP contribution in [0.4, 0.5) is 0 Å². The molecule has 0 spiro atoms. The van der Waals surface area contributed by atoms with Gasteiger partial charge in [-0.3, -0.25) is 19.2 Å². The maximum Gasteiger partial charge on any atom is 0.336 e. The molecule has 3 N–H and O–H groups in total. The zero-order valence-electron chi connectivity index (χ0n) is 15.1. The largest absolute Gasteiger partial charge is 0.481 e. The van der Waals surface area contributed by atoms with Crippen LogP contribution in [0.3, 0.4) is 0 Å². The van der Waals surface area contributed by atoms with E-state index in [-0.39, 0.29) is 6.54 Å². The van der Waals surface area contributed by atoms with Crippen molar-refractivity contribution in [3.05, 3.63) is 0 Å². The van der Waals surface area contributed by atoms with Crippen LogP contribution in [0.15, 0.2) is 0 Å². The highest BCUT2D eigenvalue weighted by Crippen LogP contribution is 2.17. The molecule has 0 fully saturated rings. The molecule has 26 heavy (non-hydrogen) atoms. The minimum absolute atomic E-state index is 0.237. The summed E-state index contributed by atoms with van der Waals surface area (Å²) in [5.41, 5.74) is -2.90. The van der Waals surface area contributed by atoms with E-state index in [4.69, 9.17) is 14.9 Å². The molecule has 0 aromatic carbocycles. The summed E-state index contributed by atoms with van der Waals surface area (Å²) >= 11 is 0. The Kier molecular flexibility index (Phi) is 8.35. The van der Waals surface area contributed by atoms with E-state index in [1.165, 1.54) is 0 Å². The maximum atomic E-state index is 11.8. The number of ether oxygens (including phenoxy) is 2. The smallest absolute Gasteiger partial charge is 0.336 e. The van der Waals surface area contributed by atoms with E-state index < -0.39 is 60.8 Å². The Morgan fingerprint density at radius 2 is 1.54 bits per heavy atom. The Hall–Kier alpha value is -2.53. The SMILES string of the molecule is CC(=O)O[C@H](CC(=O)OC(=O)CC(O)(CC(=O)O)C(=O)O)C[N+](C)(C)C. The van der Waals surface area contributed by atoms with Crippen LogP contribution in [0.5, 0.6) is 0 Å². The Morgan fingerprint density at radius 1 is 1.00 bits per heavy atom. The average Bonchev–Trinajstić information content (AvgIpc) is 2.32. The summed E-state index contributed by atoms with van der Waals surface area (Å²) in [7, 11) is 5.35. The molecule has 0 saturated carbocycles. The molecule has 0 bridgehead atoms. The van der Waals surface area contributed by atoms with Gasteiger partial charge >= 0.3 is 29.8 Å². The Morgan fingerprint density at radius 3 is 1.92 bits per heavy atom. The number of nitrogens with zero attached hydrogens (tertiary/aromatic N) is 1. The van der Waals surface area contributed by atoms with Gasteiger partial charge in [0.2, 0.25) is 0 Å². The molecule has 0 amide bonds. The summed E-state index contributed by atoms with van der Waals surface area (Å²) in [6.07, 6.45) is -3.83. The molecular weight excluding hydrogens is 354 g/mol. The van der Waals surface area contributed by atoms with Gasteiger partial charge in [-0.05, 0) is 0 Å². The van der Waals surface area contributed by atoms with Gasteiger partial charge in [-0.15, -0.1) is 0 Å². The summed E-state index contributed by atoms with van der Waals surface area (Å²) in [4.78, 5) is 56.2. The van der Waals surface area contributed by atoms with E-state index in [1.54, 1.807) is 21.1 Å². The van der Waals surface area contributed by atoms with Crippen molar-refractivity contribution in [2.45, 2.75) is 37.9 Å². The van der Waals surface area contributed by atoms with Crippen LogP contribution in [-0.2, 0) is 33.4 Å².